The summed E-state index contributed by atoms with van der Waals surface area (Å²) in [5, 5.41) is 3.43. The Morgan fingerprint density at radius 1 is 0.962 bits per heavy atom. The highest BCUT2D eigenvalue weighted by Gasteiger charge is 2.14. The number of rotatable bonds is 4. The van der Waals surface area contributed by atoms with Gasteiger partial charge in [0.15, 0.2) is 0 Å². The predicted octanol–water partition coefficient (Wildman–Crippen LogP) is 4.53. The van der Waals surface area contributed by atoms with Crippen molar-refractivity contribution in [3.05, 3.63) is 84.6 Å². The minimum absolute atomic E-state index is 0.351. The maximum Gasteiger partial charge on any atom is 0.337 e. The largest absolute Gasteiger partial charge is 0.465 e. The van der Waals surface area contributed by atoms with E-state index in [-0.39, 0.29) is 5.97 Å². The lowest BCUT2D eigenvalue weighted by atomic mass is 10.1. The number of methoxy groups -OCH3 is 1. The molecule has 2 heterocycles. The van der Waals surface area contributed by atoms with Gasteiger partial charge in [-0.3, -0.25) is 4.40 Å². The van der Waals surface area contributed by atoms with Gasteiger partial charge in [-0.1, -0.05) is 36.4 Å². The van der Waals surface area contributed by atoms with E-state index in [1.165, 1.54) is 7.11 Å². The van der Waals surface area contributed by atoms with E-state index in [1.807, 2.05) is 71.3 Å². The smallest absolute Gasteiger partial charge is 0.337 e. The molecule has 128 valence electrons. The number of carbonyl (C=O) groups is 1. The topological polar surface area (TPSA) is 55.6 Å². The van der Waals surface area contributed by atoms with Crippen molar-refractivity contribution in [1.29, 1.82) is 0 Å². The fourth-order valence-electron chi connectivity index (χ4n) is 2.86. The number of pyridine rings is 1. The molecule has 0 aliphatic carbocycles. The lowest BCUT2D eigenvalue weighted by Gasteiger charge is -2.09. The summed E-state index contributed by atoms with van der Waals surface area (Å²) < 4.78 is 6.75. The maximum atomic E-state index is 11.6. The standard InChI is InChI=1S/C21H17N3O2/c1-26-21(25)16-10-12-17(13-11-16)22-20-19(15-7-3-2-4-8-15)23-18-9-5-6-14-24(18)20/h2-14,22H,1H3. The van der Waals surface area contributed by atoms with Crippen LogP contribution >= 0.6 is 0 Å². The van der Waals surface area contributed by atoms with Gasteiger partial charge in [0.2, 0.25) is 0 Å². The van der Waals surface area contributed by atoms with Gasteiger partial charge >= 0.3 is 5.97 Å². The molecule has 0 atom stereocenters. The number of hydrogen-bond acceptors (Lipinski definition) is 4. The molecule has 0 unspecified atom stereocenters. The van der Waals surface area contributed by atoms with Gasteiger partial charge in [-0.15, -0.1) is 0 Å². The molecule has 0 aliphatic rings. The van der Waals surface area contributed by atoms with Crippen molar-refractivity contribution < 1.29 is 9.53 Å². The number of benzene rings is 2. The van der Waals surface area contributed by atoms with E-state index < -0.39 is 0 Å². The highest BCUT2D eigenvalue weighted by atomic mass is 16.5. The molecule has 5 heteroatoms. The molecule has 0 aliphatic heterocycles. The third kappa shape index (κ3) is 2.91. The van der Waals surface area contributed by atoms with Crippen molar-refractivity contribution in [2.24, 2.45) is 0 Å². The van der Waals surface area contributed by atoms with Crippen molar-refractivity contribution in [2.45, 2.75) is 0 Å². The van der Waals surface area contributed by atoms with Crippen molar-refractivity contribution in [3.63, 3.8) is 0 Å². The Balaban J connectivity index is 1.77. The second-order valence-electron chi connectivity index (χ2n) is 5.80. The van der Waals surface area contributed by atoms with Crippen LogP contribution in [0.2, 0.25) is 0 Å². The van der Waals surface area contributed by atoms with E-state index in [9.17, 15) is 4.79 Å². The normalized spacial score (nSPS) is 10.7. The van der Waals surface area contributed by atoms with Crippen LogP contribution in [0.4, 0.5) is 11.5 Å². The average molecular weight is 343 g/mol. The number of carbonyl (C=O) groups excluding carboxylic acids is 1. The molecule has 0 bridgehead atoms. The highest BCUT2D eigenvalue weighted by Crippen LogP contribution is 2.31. The number of ether oxygens (including phenoxy) is 1. The van der Waals surface area contributed by atoms with E-state index in [1.54, 1.807) is 12.1 Å². The number of aromatic nitrogens is 2. The Kier molecular flexibility index (Phi) is 4.11. The van der Waals surface area contributed by atoms with E-state index >= 15 is 0 Å². The minimum Gasteiger partial charge on any atom is -0.465 e. The lowest BCUT2D eigenvalue weighted by Crippen LogP contribution is -2.01. The summed E-state index contributed by atoms with van der Waals surface area (Å²) in [5.41, 5.74) is 4.14. The number of fused-ring (bicyclic) bond motifs is 1. The van der Waals surface area contributed by atoms with Crippen LogP contribution in [-0.2, 0) is 4.74 Å². The lowest BCUT2D eigenvalue weighted by molar-refractivity contribution is 0.0601. The summed E-state index contributed by atoms with van der Waals surface area (Å²) in [6.07, 6.45) is 1.97. The molecule has 2 aromatic carbocycles. The Labute approximate surface area is 150 Å². The summed E-state index contributed by atoms with van der Waals surface area (Å²) in [7, 11) is 1.37. The summed E-state index contributed by atoms with van der Waals surface area (Å²) in [5.74, 6) is 0.522. The van der Waals surface area contributed by atoms with Gasteiger partial charge in [0.1, 0.15) is 17.2 Å². The van der Waals surface area contributed by atoms with Gasteiger partial charge < -0.3 is 10.1 Å². The number of anilines is 2. The molecule has 2 aromatic heterocycles. The monoisotopic (exact) mass is 343 g/mol. The fourth-order valence-corrected chi connectivity index (χ4v) is 2.86. The maximum absolute atomic E-state index is 11.6. The molecule has 4 aromatic rings. The summed E-state index contributed by atoms with van der Waals surface area (Å²) in [6, 6.07) is 23.1. The fraction of sp³-hybridized carbons (Fsp3) is 0.0476. The van der Waals surface area contributed by atoms with Crippen LogP contribution in [-0.4, -0.2) is 22.5 Å². The molecule has 4 rings (SSSR count). The number of esters is 1. The zero-order valence-corrected chi connectivity index (χ0v) is 14.2. The van der Waals surface area contributed by atoms with E-state index in [0.717, 1.165) is 28.4 Å². The molecule has 0 amide bonds. The summed E-state index contributed by atoms with van der Waals surface area (Å²) >= 11 is 0. The van der Waals surface area contributed by atoms with Crippen LogP contribution in [0.1, 0.15) is 10.4 Å². The highest BCUT2D eigenvalue weighted by molar-refractivity contribution is 5.90. The summed E-state index contributed by atoms with van der Waals surface area (Å²) in [6.45, 7) is 0. The quantitative estimate of drug-likeness (QED) is 0.553. The van der Waals surface area contributed by atoms with Gasteiger partial charge in [0.25, 0.3) is 0 Å². The molecule has 5 nitrogen and oxygen atoms in total. The van der Waals surface area contributed by atoms with Crippen LogP contribution in [0.25, 0.3) is 16.9 Å². The van der Waals surface area contributed by atoms with Crippen LogP contribution in [0, 0.1) is 0 Å². The number of hydrogen-bond donors (Lipinski definition) is 1. The third-order valence-electron chi connectivity index (χ3n) is 4.15. The van der Waals surface area contributed by atoms with Gasteiger partial charge in [0, 0.05) is 17.4 Å². The molecule has 26 heavy (non-hydrogen) atoms. The second-order valence-corrected chi connectivity index (χ2v) is 5.80. The first-order valence-corrected chi connectivity index (χ1v) is 8.24. The van der Waals surface area contributed by atoms with Crippen molar-refractivity contribution in [1.82, 2.24) is 9.38 Å². The number of nitrogens with one attached hydrogen (secondary N) is 1. The Morgan fingerprint density at radius 3 is 2.42 bits per heavy atom. The van der Waals surface area contributed by atoms with Crippen LogP contribution < -0.4 is 5.32 Å². The molecular formula is C21H17N3O2. The van der Waals surface area contributed by atoms with Gasteiger partial charge in [-0.25, -0.2) is 9.78 Å². The van der Waals surface area contributed by atoms with Crippen molar-refractivity contribution >= 4 is 23.1 Å². The zero-order chi connectivity index (χ0) is 17.9. The van der Waals surface area contributed by atoms with E-state index in [2.05, 4.69) is 5.32 Å². The van der Waals surface area contributed by atoms with Crippen LogP contribution in [0.15, 0.2) is 79.0 Å². The van der Waals surface area contributed by atoms with Crippen LogP contribution in [0.3, 0.4) is 0 Å². The molecule has 0 saturated carbocycles. The Morgan fingerprint density at radius 2 is 1.69 bits per heavy atom. The molecule has 1 N–H and O–H groups in total. The number of nitrogens with zero attached hydrogens (tertiary/aromatic N) is 2. The van der Waals surface area contributed by atoms with E-state index in [0.29, 0.717) is 5.56 Å². The SMILES string of the molecule is COC(=O)c1ccc(Nc2c(-c3ccccc3)nc3ccccn23)cc1. The second kappa shape index (κ2) is 6.72. The third-order valence-corrected chi connectivity index (χ3v) is 4.15. The number of imidazole rings is 1. The first-order valence-electron chi connectivity index (χ1n) is 8.24. The van der Waals surface area contributed by atoms with Crippen LogP contribution in [0.5, 0.6) is 0 Å². The van der Waals surface area contributed by atoms with Gasteiger partial charge in [-0.05, 0) is 36.4 Å². The first kappa shape index (κ1) is 15.9. The first-order chi connectivity index (χ1) is 12.8. The van der Waals surface area contributed by atoms with Gasteiger partial charge in [0.05, 0.1) is 12.7 Å². The Hall–Kier alpha value is -3.60. The molecule has 0 spiro atoms. The van der Waals surface area contributed by atoms with Crippen molar-refractivity contribution in [3.8, 4) is 11.3 Å². The molecular weight excluding hydrogens is 326 g/mol. The zero-order valence-electron chi connectivity index (χ0n) is 14.2. The Bertz CT molecular complexity index is 1050. The molecule has 0 radical (unpaired) electrons. The minimum atomic E-state index is -0.351. The molecule has 0 fully saturated rings. The van der Waals surface area contributed by atoms with Crippen molar-refractivity contribution in [2.75, 3.05) is 12.4 Å². The average Bonchev–Trinajstić information content (AvgIpc) is 3.07. The predicted molar refractivity (Wildman–Crippen MR) is 102 cm³/mol. The van der Waals surface area contributed by atoms with Gasteiger partial charge in [-0.2, -0.15) is 0 Å². The summed E-state index contributed by atoms with van der Waals surface area (Å²) in [4.78, 5) is 16.4. The molecule has 0 saturated heterocycles. The van der Waals surface area contributed by atoms with E-state index in [4.69, 9.17) is 9.72 Å².